The van der Waals surface area contributed by atoms with Gasteiger partial charge in [-0.05, 0) is 28.7 Å². The van der Waals surface area contributed by atoms with Gasteiger partial charge in [-0.2, -0.15) is 4.89 Å². The standard InChI is InChI=1S/C20H19FN2O2S.HO2P/c1-2-16-9-10-23(20(24)25-16)12-13-3-5-14(6-4-13)19-22-17-11-15(21)7-8-18(17)26-19;1-3-2/h3-8,11,16H,2,9-10,12H2,1H3;3H/p+1. The molecule has 1 aliphatic rings. The number of thiazole rings is 1. The highest BCUT2D eigenvalue weighted by atomic mass is 32.1. The summed E-state index contributed by atoms with van der Waals surface area (Å²) in [7, 11) is -1.17. The second-order valence-electron chi connectivity index (χ2n) is 6.54. The van der Waals surface area contributed by atoms with E-state index in [-0.39, 0.29) is 18.0 Å². The van der Waals surface area contributed by atoms with Crippen molar-refractivity contribution < 1.29 is 23.4 Å². The summed E-state index contributed by atoms with van der Waals surface area (Å²) in [5, 5.41) is 0.861. The summed E-state index contributed by atoms with van der Waals surface area (Å²) in [6.45, 7) is 3.30. The molecule has 2 atom stereocenters. The van der Waals surface area contributed by atoms with Crippen LogP contribution in [0.3, 0.4) is 0 Å². The monoisotopic (exact) mass is 435 g/mol. The zero-order chi connectivity index (χ0) is 20.8. The van der Waals surface area contributed by atoms with Gasteiger partial charge in [0.05, 0.1) is 10.2 Å². The van der Waals surface area contributed by atoms with Gasteiger partial charge in [-0.3, -0.25) is 0 Å². The average Bonchev–Trinajstić information content (AvgIpc) is 3.14. The summed E-state index contributed by atoms with van der Waals surface area (Å²) in [6, 6.07) is 12.7. The number of benzene rings is 2. The molecule has 0 saturated carbocycles. The number of rotatable bonds is 4. The Morgan fingerprint density at radius 2 is 2.03 bits per heavy atom. The van der Waals surface area contributed by atoms with E-state index in [9.17, 15) is 9.18 Å². The van der Waals surface area contributed by atoms with E-state index in [0.717, 1.165) is 40.2 Å². The number of carbonyl (C=O) groups is 1. The molecule has 1 amide bonds. The van der Waals surface area contributed by atoms with E-state index in [2.05, 4.69) is 4.98 Å². The van der Waals surface area contributed by atoms with E-state index in [1.807, 2.05) is 31.2 Å². The van der Waals surface area contributed by atoms with Gasteiger partial charge in [0.25, 0.3) is 0 Å². The maximum atomic E-state index is 13.3. The number of amides is 1. The normalized spacial score (nSPS) is 16.4. The molecule has 1 aliphatic heterocycles. The lowest BCUT2D eigenvalue weighted by atomic mass is 10.1. The summed E-state index contributed by atoms with van der Waals surface area (Å²) in [5.74, 6) is -0.275. The van der Waals surface area contributed by atoms with Crippen molar-refractivity contribution in [1.82, 2.24) is 9.88 Å². The highest BCUT2D eigenvalue weighted by Gasteiger charge is 2.25. The van der Waals surface area contributed by atoms with Crippen LogP contribution < -0.4 is 0 Å². The van der Waals surface area contributed by atoms with Gasteiger partial charge in [0.1, 0.15) is 16.9 Å². The second-order valence-corrected chi connectivity index (χ2v) is 7.76. The first-order chi connectivity index (χ1) is 14.0. The van der Waals surface area contributed by atoms with Crippen LogP contribution in [0.2, 0.25) is 0 Å². The Balaban J connectivity index is 0.000000755. The minimum Gasteiger partial charge on any atom is -0.446 e. The predicted octanol–water partition coefficient (Wildman–Crippen LogP) is 5.14. The van der Waals surface area contributed by atoms with Crippen molar-refractivity contribution in [1.29, 1.82) is 0 Å². The summed E-state index contributed by atoms with van der Waals surface area (Å²) in [4.78, 5) is 25.3. The Bertz CT molecular complexity index is 996. The molecule has 1 N–H and O–H groups in total. The van der Waals surface area contributed by atoms with Crippen LogP contribution in [0.1, 0.15) is 25.3 Å². The molecule has 1 saturated heterocycles. The molecule has 3 aromatic rings. The van der Waals surface area contributed by atoms with Crippen LogP contribution in [-0.4, -0.2) is 33.5 Å². The second kappa shape index (κ2) is 9.87. The Morgan fingerprint density at radius 1 is 1.31 bits per heavy atom. The lowest BCUT2D eigenvalue weighted by Gasteiger charge is -2.31. The number of halogens is 1. The van der Waals surface area contributed by atoms with Crippen LogP contribution >= 0.6 is 20.0 Å². The fraction of sp³-hybridized carbons (Fsp3) is 0.300. The lowest BCUT2D eigenvalue weighted by Crippen LogP contribution is -2.41. The number of aromatic nitrogens is 1. The maximum Gasteiger partial charge on any atom is 0.491 e. The Kier molecular flexibility index (Phi) is 7.25. The molecule has 2 heterocycles. The first-order valence-electron chi connectivity index (χ1n) is 9.16. The average molecular weight is 435 g/mol. The third kappa shape index (κ3) is 5.35. The number of ether oxygens (including phenoxy) is 1. The highest BCUT2D eigenvalue weighted by molar-refractivity contribution is 7.21. The van der Waals surface area contributed by atoms with Crippen molar-refractivity contribution in [2.45, 2.75) is 32.4 Å². The van der Waals surface area contributed by atoms with Crippen LogP contribution in [0.5, 0.6) is 0 Å². The molecular weight excluding hydrogens is 414 g/mol. The molecule has 29 heavy (non-hydrogen) atoms. The van der Waals surface area contributed by atoms with Gasteiger partial charge in [0, 0.05) is 31.1 Å². The van der Waals surface area contributed by atoms with E-state index in [4.69, 9.17) is 14.2 Å². The molecule has 2 unspecified atom stereocenters. The molecular formula is C20H21FN2O4PS+. The predicted molar refractivity (Wildman–Crippen MR) is 112 cm³/mol. The molecule has 4 rings (SSSR count). The molecule has 1 aromatic heterocycles. The van der Waals surface area contributed by atoms with E-state index in [0.29, 0.717) is 12.1 Å². The summed E-state index contributed by atoms with van der Waals surface area (Å²) >= 11 is 1.54. The Labute approximate surface area is 173 Å². The largest absolute Gasteiger partial charge is 0.491 e. The van der Waals surface area contributed by atoms with Gasteiger partial charge in [0.15, 0.2) is 0 Å². The van der Waals surface area contributed by atoms with Crippen molar-refractivity contribution in [3.63, 3.8) is 0 Å². The smallest absolute Gasteiger partial charge is 0.446 e. The van der Waals surface area contributed by atoms with Crippen molar-refractivity contribution in [3.8, 4) is 10.6 Å². The summed E-state index contributed by atoms with van der Waals surface area (Å²) < 4.78 is 28.2. The fourth-order valence-corrected chi connectivity index (χ4v) is 4.05. The van der Waals surface area contributed by atoms with Crippen LogP contribution in [0, 0.1) is 5.82 Å². The first kappa shape index (κ1) is 21.3. The molecule has 0 aliphatic carbocycles. The number of fused-ring (bicyclic) bond motifs is 1. The number of carbonyl (C=O) groups excluding carboxylic acids is 1. The van der Waals surface area contributed by atoms with Gasteiger partial charge in [0.2, 0.25) is 0 Å². The van der Waals surface area contributed by atoms with Gasteiger partial charge >= 0.3 is 14.8 Å². The van der Waals surface area contributed by atoms with Gasteiger partial charge in [-0.15, -0.1) is 11.3 Å². The van der Waals surface area contributed by atoms with E-state index < -0.39 is 8.69 Å². The van der Waals surface area contributed by atoms with Gasteiger partial charge in [-0.1, -0.05) is 31.2 Å². The number of hydrogen-bond donors (Lipinski definition) is 1. The molecule has 9 heteroatoms. The maximum absolute atomic E-state index is 13.3. The SMILES string of the molecule is CCC1CCN(Cc2ccc(-c3nc4cc(F)ccc4s3)cc2)C(=O)O1.O=[PH+]O. The summed E-state index contributed by atoms with van der Waals surface area (Å²) in [5.41, 5.74) is 2.71. The first-order valence-corrected chi connectivity index (χ1v) is 10.8. The minimum absolute atomic E-state index is 0.0463. The van der Waals surface area contributed by atoms with Crippen LogP contribution in [-0.2, 0) is 15.8 Å². The van der Waals surface area contributed by atoms with Gasteiger partial charge < -0.3 is 9.64 Å². The van der Waals surface area contributed by atoms with Crippen LogP contribution in [0.25, 0.3) is 20.8 Å². The summed E-state index contributed by atoms with van der Waals surface area (Å²) in [6.07, 6.45) is 1.55. The molecule has 2 aromatic carbocycles. The molecule has 0 bridgehead atoms. The van der Waals surface area contributed by atoms with E-state index in [1.54, 1.807) is 22.3 Å². The van der Waals surface area contributed by atoms with Crippen molar-refractivity contribution in [3.05, 3.63) is 53.8 Å². The Morgan fingerprint density at radius 3 is 2.69 bits per heavy atom. The third-order valence-electron chi connectivity index (χ3n) is 4.63. The quantitative estimate of drug-likeness (QED) is 0.574. The van der Waals surface area contributed by atoms with Crippen molar-refractivity contribution in [2.75, 3.05) is 6.54 Å². The van der Waals surface area contributed by atoms with Gasteiger partial charge in [-0.25, -0.2) is 14.2 Å². The van der Waals surface area contributed by atoms with Crippen molar-refractivity contribution in [2.24, 2.45) is 0 Å². The number of cyclic esters (lactones) is 1. The molecule has 0 radical (unpaired) electrons. The topological polar surface area (TPSA) is 79.7 Å². The number of hydrogen-bond acceptors (Lipinski definition) is 5. The van der Waals surface area contributed by atoms with E-state index >= 15 is 0 Å². The molecule has 6 nitrogen and oxygen atoms in total. The lowest BCUT2D eigenvalue weighted by molar-refractivity contribution is 0.0211. The van der Waals surface area contributed by atoms with Crippen molar-refractivity contribution >= 4 is 36.3 Å². The number of nitrogens with zero attached hydrogens (tertiary/aromatic N) is 2. The minimum atomic E-state index is -1.17. The fourth-order valence-electron chi connectivity index (χ4n) is 3.10. The molecule has 0 spiro atoms. The zero-order valence-electron chi connectivity index (χ0n) is 15.8. The zero-order valence-corrected chi connectivity index (χ0v) is 17.6. The van der Waals surface area contributed by atoms with Crippen LogP contribution in [0.15, 0.2) is 42.5 Å². The van der Waals surface area contributed by atoms with E-state index in [1.165, 1.54) is 12.1 Å². The molecule has 152 valence electrons. The Hall–Kier alpha value is -2.41. The van der Waals surface area contributed by atoms with Crippen LogP contribution in [0.4, 0.5) is 9.18 Å². The third-order valence-corrected chi connectivity index (χ3v) is 5.71. The molecule has 1 fully saturated rings. The highest BCUT2D eigenvalue weighted by Crippen LogP contribution is 2.30.